The van der Waals surface area contributed by atoms with Gasteiger partial charge in [-0.3, -0.25) is 14.4 Å². The summed E-state index contributed by atoms with van der Waals surface area (Å²) in [6.45, 7) is 0. The maximum Gasteiger partial charge on any atom is 0.303 e. The number of ketones is 1. The van der Waals surface area contributed by atoms with Crippen LogP contribution >= 0.6 is 11.3 Å². The summed E-state index contributed by atoms with van der Waals surface area (Å²) < 4.78 is 26.6. The maximum absolute atomic E-state index is 13.3. The summed E-state index contributed by atoms with van der Waals surface area (Å²) in [4.78, 5) is 35.8. The third-order valence-corrected chi connectivity index (χ3v) is 7.16. The minimum Gasteiger partial charge on any atom is -0.481 e. The molecule has 1 aliphatic rings. The zero-order valence-corrected chi connectivity index (χ0v) is 20.2. The van der Waals surface area contributed by atoms with Crippen LogP contribution in [0, 0.1) is 17.6 Å². The number of amides is 1. The maximum atomic E-state index is 13.3. The van der Waals surface area contributed by atoms with Gasteiger partial charge in [0.2, 0.25) is 11.0 Å². The molecular formula is C26H25F2N3O4S. The molecule has 10 heteroatoms. The summed E-state index contributed by atoms with van der Waals surface area (Å²) in [7, 11) is 0. The number of aromatic nitrogens is 2. The number of carboxylic acid groups (broad SMARTS) is 1. The fourth-order valence-corrected chi connectivity index (χ4v) is 5.32. The van der Waals surface area contributed by atoms with Crippen molar-refractivity contribution in [2.45, 2.75) is 50.9 Å². The molecule has 0 bridgehead atoms. The Morgan fingerprint density at radius 3 is 2.25 bits per heavy atom. The predicted octanol–water partition coefficient (Wildman–Crippen LogP) is 5.17. The molecule has 1 aliphatic carbocycles. The number of halogens is 2. The van der Waals surface area contributed by atoms with Crippen LogP contribution in [0.1, 0.15) is 64.5 Å². The summed E-state index contributed by atoms with van der Waals surface area (Å²) in [6, 6.07) is 10.4. The Morgan fingerprint density at radius 2 is 1.61 bits per heavy atom. The van der Waals surface area contributed by atoms with E-state index < -0.39 is 23.5 Å². The number of benzene rings is 2. The summed E-state index contributed by atoms with van der Waals surface area (Å²) in [5.41, 5.74) is 1.90. The average molecular weight is 514 g/mol. The lowest BCUT2D eigenvalue weighted by Crippen LogP contribution is -2.16. The molecule has 0 atom stereocenters. The molecule has 1 heterocycles. The third kappa shape index (κ3) is 7.00. The fourth-order valence-electron chi connectivity index (χ4n) is 4.56. The summed E-state index contributed by atoms with van der Waals surface area (Å²) >= 11 is 1.07. The number of anilines is 1. The molecule has 0 spiro atoms. The third-order valence-electron chi connectivity index (χ3n) is 6.33. The molecule has 0 aliphatic heterocycles. The average Bonchev–Trinajstić information content (AvgIpc) is 3.25. The van der Waals surface area contributed by atoms with Gasteiger partial charge in [0.05, 0.1) is 12.8 Å². The second-order valence-corrected chi connectivity index (χ2v) is 10.1. The molecule has 1 saturated carbocycles. The van der Waals surface area contributed by atoms with Gasteiger partial charge in [-0.2, -0.15) is 0 Å². The van der Waals surface area contributed by atoms with Gasteiger partial charge in [-0.05, 0) is 60.8 Å². The van der Waals surface area contributed by atoms with Gasteiger partial charge in [0, 0.05) is 18.1 Å². The number of Topliss-reactive ketones (excluding diaryl/α,β-unsaturated/α-hetero) is 1. The van der Waals surface area contributed by atoms with E-state index in [1.807, 2.05) is 12.1 Å². The second-order valence-electron chi connectivity index (χ2n) is 9.04. The number of nitrogens with one attached hydrogen (secondary N) is 1. The molecule has 4 rings (SSSR count). The van der Waals surface area contributed by atoms with Crippen molar-refractivity contribution in [2.24, 2.45) is 5.92 Å². The zero-order valence-electron chi connectivity index (χ0n) is 19.4. The molecule has 0 radical (unpaired) electrons. The summed E-state index contributed by atoms with van der Waals surface area (Å²) in [5.74, 6) is -2.27. The summed E-state index contributed by atoms with van der Waals surface area (Å²) in [5, 5.41) is 20.0. The van der Waals surface area contributed by atoms with E-state index in [0.717, 1.165) is 60.8 Å². The van der Waals surface area contributed by atoms with Crippen LogP contribution in [-0.4, -0.2) is 33.0 Å². The summed E-state index contributed by atoms with van der Waals surface area (Å²) in [6.07, 6.45) is 3.71. The smallest absolute Gasteiger partial charge is 0.303 e. The van der Waals surface area contributed by atoms with Crippen molar-refractivity contribution in [1.29, 1.82) is 0 Å². The number of nitrogens with zero attached hydrogens (tertiary/aromatic N) is 2. The van der Waals surface area contributed by atoms with Gasteiger partial charge in [-0.1, -0.05) is 35.6 Å². The SMILES string of the molecule is O=C(O)CC1CCC(c2ccc(C(=O)Cc3nnc(NC(=O)Cc4cc(F)cc(F)c4)s3)cc2)CC1. The molecule has 2 aromatic carbocycles. The van der Waals surface area contributed by atoms with Crippen molar-refractivity contribution in [2.75, 3.05) is 5.32 Å². The van der Waals surface area contributed by atoms with Crippen LogP contribution < -0.4 is 5.32 Å². The Hall–Kier alpha value is -3.53. The van der Waals surface area contributed by atoms with Gasteiger partial charge in [-0.25, -0.2) is 8.78 Å². The van der Waals surface area contributed by atoms with E-state index in [2.05, 4.69) is 15.5 Å². The van der Waals surface area contributed by atoms with E-state index in [4.69, 9.17) is 5.11 Å². The lowest BCUT2D eigenvalue weighted by atomic mass is 9.77. The fraction of sp³-hybridized carbons (Fsp3) is 0.346. The quantitative estimate of drug-likeness (QED) is 0.382. The van der Waals surface area contributed by atoms with Crippen molar-refractivity contribution in [3.63, 3.8) is 0 Å². The molecular weight excluding hydrogens is 488 g/mol. The highest BCUT2D eigenvalue weighted by molar-refractivity contribution is 7.15. The van der Waals surface area contributed by atoms with Gasteiger partial charge >= 0.3 is 5.97 Å². The van der Waals surface area contributed by atoms with Gasteiger partial charge in [-0.15, -0.1) is 10.2 Å². The monoisotopic (exact) mass is 513 g/mol. The van der Waals surface area contributed by atoms with Gasteiger partial charge < -0.3 is 10.4 Å². The Kier molecular flexibility index (Phi) is 8.14. The molecule has 1 aromatic heterocycles. The van der Waals surface area contributed by atoms with E-state index in [0.29, 0.717) is 16.5 Å². The molecule has 36 heavy (non-hydrogen) atoms. The van der Waals surface area contributed by atoms with E-state index in [1.165, 1.54) is 0 Å². The normalized spacial score (nSPS) is 17.5. The van der Waals surface area contributed by atoms with Crippen molar-refractivity contribution >= 4 is 34.1 Å². The van der Waals surface area contributed by atoms with E-state index in [9.17, 15) is 23.2 Å². The number of hydrogen-bond donors (Lipinski definition) is 2. The van der Waals surface area contributed by atoms with Crippen LogP contribution in [0.4, 0.5) is 13.9 Å². The molecule has 188 valence electrons. The highest BCUT2D eigenvalue weighted by atomic mass is 32.1. The van der Waals surface area contributed by atoms with Gasteiger partial charge in [0.25, 0.3) is 0 Å². The highest BCUT2D eigenvalue weighted by Gasteiger charge is 2.24. The van der Waals surface area contributed by atoms with E-state index in [-0.39, 0.29) is 41.7 Å². The Balaban J connectivity index is 1.28. The first kappa shape index (κ1) is 25.6. The van der Waals surface area contributed by atoms with Crippen molar-refractivity contribution < 1.29 is 28.3 Å². The van der Waals surface area contributed by atoms with E-state index in [1.54, 1.807) is 12.1 Å². The standard InChI is InChI=1S/C26H25F2N3O4S/c27-20-9-16(10-21(28)13-20)11-23(33)29-26-31-30-24(36-26)14-22(32)19-7-5-18(6-8-19)17-3-1-15(2-4-17)12-25(34)35/h5-10,13,15,17H,1-4,11-12,14H2,(H,34,35)(H,29,31,33). The molecule has 0 unspecified atom stereocenters. The first-order valence-corrected chi connectivity index (χ1v) is 12.5. The minimum absolute atomic E-state index is 0.0300. The zero-order chi connectivity index (χ0) is 25.7. The largest absolute Gasteiger partial charge is 0.481 e. The van der Waals surface area contributed by atoms with Crippen LogP contribution in [-0.2, 0) is 22.4 Å². The Labute approximate surface area is 210 Å². The second kappa shape index (κ2) is 11.5. The van der Waals surface area contributed by atoms with Crippen molar-refractivity contribution in [3.05, 3.63) is 75.8 Å². The van der Waals surface area contributed by atoms with Crippen LogP contribution in [0.3, 0.4) is 0 Å². The molecule has 3 aromatic rings. The van der Waals surface area contributed by atoms with Crippen LogP contribution in [0.5, 0.6) is 0 Å². The number of aliphatic carboxylic acids is 1. The number of hydrogen-bond acceptors (Lipinski definition) is 6. The number of carboxylic acids is 1. The van der Waals surface area contributed by atoms with Crippen LogP contribution in [0.2, 0.25) is 0 Å². The van der Waals surface area contributed by atoms with Crippen LogP contribution in [0.15, 0.2) is 42.5 Å². The van der Waals surface area contributed by atoms with Crippen molar-refractivity contribution in [3.8, 4) is 0 Å². The van der Waals surface area contributed by atoms with E-state index >= 15 is 0 Å². The predicted molar refractivity (Wildman–Crippen MR) is 130 cm³/mol. The number of rotatable bonds is 9. The lowest BCUT2D eigenvalue weighted by molar-refractivity contribution is -0.138. The minimum atomic E-state index is -0.759. The number of carbonyl (C=O) groups is 3. The molecule has 0 saturated heterocycles. The molecule has 7 nitrogen and oxygen atoms in total. The lowest BCUT2D eigenvalue weighted by Gasteiger charge is -2.28. The van der Waals surface area contributed by atoms with Gasteiger partial charge in [0.15, 0.2) is 5.78 Å². The molecule has 1 amide bonds. The first-order valence-electron chi connectivity index (χ1n) is 11.7. The van der Waals surface area contributed by atoms with Crippen LogP contribution in [0.25, 0.3) is 0 Å². The number of carbonyl (C=O) groups excluding carboxylic acids is 2. The Morgan fingerprint density at radius 1 is 0.944 bits per heavy atom. The molecule has 2 N–H and O–H groups in total. The Bertz CT molecular complexity index is 1230. The highest BCUT2D eigenvalue weighted by Crippen LogP contribution is 2.37. The van der Waals surface area contributed by atoms with Gasteiger partial charge in [0.1, 0.15) is 16.6 Å². The topological polar surface area (TPSA) is 109 Å². The first-order chi connectivity index (χ1) is 17.2. The van der Waals surface area contributed by atoms with Crippen molar-refractivity contribution in [1.82, 2.24) is 10.2 Å². The molecule has 1 fully saturated rings.